The summed E-state index contributed by atoms with van der Waals surface area (Å²) in [5.41, 5.74) is 1.48. The maximum atomic E-state index is 11.8. The second kappa shape index (κ2) is 6.91. The van der Waals surface area contributed by atoms with Crippen molar-refractivity contribution in [1.29, 1.82) is 0 Å². The van der Waals surface area contributed by atoms with Gasteiger partial charge in [-0.25, -0.2) is 0 Å². The molecule has 1 amide bonds. The van der Waals surface area contributed by atoms with Crippen molar-refractivity contribution >= 4 is 28.9 Å². The topological polar surface area (TPSA) is 54.6 Å². The maximum Gasteiger partial charge on any atom is 0.230 e. The zero-order valence-corrected chi connectivity index (χ0v) is 11.9. The molecular formula is C15H15ClN2O2. The fraction of sp³-hybridized carbons (Fsp3) is 0.200. The first-order valence-electron chi connectivity index (χ1n) is 6.21. The standard InChI is InChI=1S/C15H15ClN2O2/c1-11(17-10-14-3-2-8-20-14)9-15(19)18-13-6-4-12(16)5-7-13/h2-8H,9-10H2,1H3,(H,18,19). The molecular weight excluding hydrogens is 276 g/mol. The van der Waals surface area contributed by atoms with E-state index in [-0.39, 0.29) is 12.3 Å². The van der Waals surface area contributed by atoms with Crippen LogP contribution in [0.2, 0.25) is 5.02 Å². The Balaban J connectivity index is 1.84. The molecule has 0 aliphatic carbocycles. The molecule has 0 atom stereocenters. The molecule has 1 aromatic heterocycles. The summed E-state index contributed by atoms with van der Waals surface area (Å²) in [5.74, 6) is 0.676. The number of carbonyl (C=O) groups is 1. The Kier molecular flexibility index (Phi) is 4.96. The monoisotopic (exact) mass is 290 g/mol. The van der Waals surface area contributed by atoms with Gasteiger partial charge in [-0.3, -0.25) is 9.79 Å². The molecule has 4 nitrogen and oxygen atoms in total. The highest BCUT2D eigenvalue weighted by molar-refractivity contribution is 6.30. The fourth-order valence-corrected chi connectivity index (χ4v) is 1.77. The number of nitrogens with zero attached hydrogens (tertiary/aromatic N) is 1. The molecule has 1 heterocycles. The summed E-state index contributed by atoms with van der Waals surface area (Å²) in [6.07, 6.45) is 1.86. The van der Waals surface area contributed by atoms with Gasteiger partial charge in [0.15, 0.2) is 0 Å². The summed E-state index contributed by atoms with van der Waals surface area (Å²) < 4.78 is 5.18. The summed E-state index contributed by atoms with van der Waals surface area (Å²) in [6.45, 7) is 2.28. The van der Waals surface area contributed by atoms with E-state index in [0.29, 0.717) is 11.6 Å². The van der Waals surface area contributed by atoms with E-state index in [4.69, 9.17) is 16.0 Å². The molecule has 5 heteroatoms. The van der Waals surface area contributed by atoms with Gasteiger partial charge in [-0.05, 0) is 43.3 Å². The first kappa shape index (κ1) is 14.3. The number of benzene rings is 1. The Morgan fingerprint density at radius 3 is 2.70 bits per heavy atom. The highest BCUT2D eigenvalue weighted by atomic mass is 35.5. The molecule has 0 bridgehead atoms. The van der Waals surface area contributed by atoms with Crippen LogP contribution in [0.1, 0.15) is 19.1 Å². The average Bonchev–Trinajstić information content (AvgIpc) is 2.92. The lowest BCUT2D eigenvalue weighted by Gasteiger charge is -2.05. The van der Waals surface area contributed by atoms with Gasteiger partial charge >= 0.3 is 0 Å². The van der Waals surface area contributed by atoms with E-state index in [0.717, 1.165) is 17.2 Å². The zero-order chi connectivity index (χ0) is 14.4. The molecule has 0 spiro atoms. The highest BCUT2D eigenvalue weighted by Crippen LogP contribution is 2.13. The van der Waals surface area contributed by atoms with Gasteiger partial charge in [0.25, 0.3) is 0 Å². The van der Waals surface area contributed by atoms with Crippen LogP contribution in [0.4, 0.5) is 5.69 Å². The van der Waals surface area contributed by atoms with Crippen LogP contribution < -0.4 is 5.32 Å². The Labute approximate surface area is 122 Å². The predicted octanol–water partition coefficient (Wildman–Crippen LogP) is 3.92. The Hall–Kier alpha value is -2.07. The van der Waals surface area contributed by atoms with Gasteiger partial charge < -0.3 is 9.73 Å². The van der Waals surface area contributed by atoms with Crippen LogP contribution >= 0.6 is 11.6 Å². The minimum absolute atomic E-state index is 0.104. The molecule has 0 radical (unpaired) electrons. The molecule has 1 aromatic carbocycles. The van der Waals surface area contributed by atoms with Gasteiger partial charge in [-0.15, -0.1) is 0 Å². The normalized spacial score (nSPS) is 11.4. The third kappa shape index (κ3) is 4.55. The highest BCUT2D eigenvalue weighted by Gasteiger charge is 2.04. The summed E-state index contributed by atoms with van der Waals surface area (Å²) in [7, 11) is 0. The Morgan fingerprint density at radius 2 is 2.05 bits per heavy atom. The van der Waals surface area contributed by atoms with Gasteiger partial charge in [0.1, 0.15) is 5.76 Å². The second-order valence-corrected chi connectivity index (χ2v) is 4.80. The molecule has 0 fully saturated rings. The number of furan rings is 1. The number of hydrogen-bond donors (Lipinski definition) is 1. The molecule has 0 saturated heterocycles. The number of nitrogens with one attached hydrogen (secondary N) is 1. The summed E-state index contributed by atoms with van der Waals surface area (Å²) in [4.78, 5) is 16.1. The number of rotatable bonds is 5. The largest absolute Gasteiger partial charge is 0.467 e. The molecule has 2 aromatic rings. The molecule has 0 aliphatic rings. The third-order valence-corrected chi connectivity index (χ3v) is 2.88. The average molecular weight is 291 g/mol. The molecule has 20 heavy (non-hydrogen) atoms. The molecule has 2 rings (SSSR count). The Morgan fingerprint density at radius 1 is 1.30 bits per heavy atom. The van der Waals surface area contributed by atoms with E-state index in [2.05, 4.69) is 10.3 Å². The lowest BCUT2D eigenvalue weighted by Crippen LogP contribution is -2.15. The lowest BCUT2D eigenvalue weighted by molar-refractivity contribution is -0.115. The van der Waals surface area contributed by atoms with E-state index in [1.807, 2.05) is 19.1 Å². The van der Waals surface area contributed by atoms with Gasteiger partial charge in [0, 0.05) is 16.4 Å². The van der Waals surface area contributed by atoms with E-state index in [1.54, 1.807) is 30.5 Å². The SMILES string of the molecule is CC(CC(=O)Nc1ccc(Cl)cc1)=NCc1ccco1. The second-order valence-electron chi connectivity index (χ2n) is 4.36. The van der Waals surface area contributed by atoms with Crippen molar-refractivity contribution in [2.45, 2.75) is 19.9 Å². The van der Waals surface area contributed by atoms with Crippen LogP contribution in [-0.2, 0) is 11.3 Å². The maximum absolute atomic E-state index is 11.8. The van der Waals surface area contributed by atoms with Crippen molar-refractivity contribution in [2.75, 3.05) is 5.32 Å². The molecule has 1 N–H and O–H groups in total. The van der Waals surface area contributed by atoms with Crippen LogP contribution in [-0.4, -0.2) is 11.6 Å². The summed E-state index contributed by atoms with van der Waals surface area (Å²) in [6, 6.07) is 10.6. The number of hydrogen-bond acceptors (Lipinski definition) is 3. The number of aliphatic imine (C=N–C) groups is 1. The number of carbonyl (C=O) groups excluding carboxylic acids is 1. The fourth-order valence-electron chi connectivity index (χ4n) is 1.64. The number of anilines is 1. The van der Waals surface area contributed by atoms with Crippen molar-refractivity contribution in [2.24, 2.45) is 4.99 Å². The van der Waals surface area contributed by atoms with Crippen LogP contribution in [0.25, 0.3) is 0 Å². The quantitative estimate of drug-likeness (QED) is 0.849. The van der Waals surface area contributed by atoms with Crippen molar-refractivity contribution < 1.29 is 9.21 Å². The van der Waals surface area contributed by atoms with Crippen molar-refractivity contribution in [3.8, 4) is 0 Å². The van der Waals surface area contributed by atoms with E-state index in [1.165, 1.54) is 0 Å². The van der Waals surface area contributed by atoms with Gasteiger partial charge in [0.05, 0.1) is 19.2 Å². The van der Waals surface area contributed by atoms with Crippen LogP contribution in [0, 0.1) is 0 Å². The van der Waals surface area contributed by atoms with Crippen LogP contribution in [0.5, 0.6) is 0 Å². The number of amides is 1. The van der Waals surface area contributed by atoms with E-state index >= 15 is 0 Å². The zero-order valence-electron chi connectivity index (χ0n) is 11.1. The first-order valence-corrected chi connectivity index (χ1v) is 6.59. The van der Waals surface area contributed by atoms with Gasteiger partial charge in [-0.1, -0.05) is 11.6 Å². The number of halogens is 1. The van der Waals surface area contributed by atoms with Gasteiger partial charge in [-0.2, -0.15) is 0 Å². The minimum atomic E-state index is -0.104. The molecule has 104 valence electrons. The van der Waals surface area contributed by atoms with E-state index in [9.17, 15) is 4.79 Å². The van der Waals surface area contributed by atoms with Gasteiger partial charge in [0.2, 0.25) is 5.91 Å². The van der Waals surface area contributed by atoms with Crippen molar-refractivity contribution in [3.63, 3.8) is 0 Å². The van der Waals surface area contributed by atoms with E-state index < -0.39 is 0 Å². The van der Waals surface area contributed by atoms with Crippen molar-refractivity contribution in [3.05, 3.63) is 53.4 Å². The van der Waals surface area contributed by atoms with Crippen LogP contribution in [0.3, 0.4) is 0 Å². The molecule has 0 aliphatic heterocycles. The van der Waals surface area contributed by atoms with Crippen molar-refractivity contribution in [1.82, 2.24) is 0 Å². The molecule has 0 saturated carbocycles. The summed E-state index contributed by atoms with van der Waals surface area (Å²) >= 11 is 5.78. The first-order chi connectivity index (χ1) is 9.63. The minimum Gasteiger partial charge on any atom is -0.467 e. The smallest absolute Gasteiger partial charge is 0.230 e. The lowest BCUT2D eigenvalue weighted by atomic mass is 10.2. The third-order valence-electron chi connectivity index (χ3n) is 2.63. The summed E-state index contributed by atoms with van der Waals surface area (Å²) in [5, 5.41) is 3.43. The van der Waals surface area contributed by atoms with Crippen LogP contribution in [0.15, 0.2) is 52.1 Å². The molecule has 0 unspecified atom stereocenters. The predicted molar refractivity (Wildman–Crippen MR) is 80.2 cm³/mol. The Bertz CT molecular complexity index is 589.